The standard InChI is InChI=1S/C11H21NO4/c1-4-12-10-7-15-6-9(10)11(13)16-8(2)5-14-3/h8-10,12H,4-7H2,1-3H3. The lowest BCUT2D eigenvalue weighted by molar-refractivity contribution is -0.156. The summed E-state index contributed by atoms with van der Waals surface area (Å²) in [6.45, 7) is 6.09. The molecule has 1 heterocycles. The van der Waals surface area contributed by atoms with Crippen molar-refractivity contribution in [2.75, 3.05) is 33.5 Å². The third-order valence-corrected chi connectivity index (χ3v) is 2.57. The van der Waals surface area contributed by atoms with Crippen LogP contribution >= 0.6 is 0 Å². The highest BCUT2D eigenvalue weighted by atomic mass is 16.6. The van der Waals surface area contributed by atoms with E-state index in [1.807, 2.05) is 13.8 Å². The van der Waals surface area contributed by atoms with Gasteiger partial charge in [0.25, 0.3) is 0 Å². The lowest BCUT2D eigenvalue weighted by Gasteiger charge is -2.19. The summed E-state index contributed by atoms with van der Waals surface area (Å²) in [5.41, 5.74) is 0. The van der Waals surface area contributed by atoms with Crippen LogP contribution in [0.3, 0.4) is 0 Å². The molecular weight excluding hydrogens is 210 g/mol. The van der Waals surface area contributed by atoms with Crippen molar-refractivity contribution in [2.45, 2.75) is 26.0 Å². The quantitative estimate of drug-likeness (QED) is 0.661. The molecule has 1 saturated heterocycles. The first-order chi connectivity index (χ1) is 7.69. The summed E-state index contributed by atoms with van der Waals surface area (Å²) in [6, 6.07) is 0.0762. The number of nitrogens with one attached hydrogen (secondary N) is 1. The van der Waals surface area contributed by atoms with E-state index >= 15 is 0 Å². The molecule has 5 heteroatoms. The fourth-order valence-corrected chi connectivity index (χ4v) is 1.80. The van der Waals surface area contributed by atoms with Crippen LogP contribution in [0.4, 0.5) is 0 Å². The predicted molar refractivity (Wildman–Crippen MR) is 59.2 cm³/mol. The Bertz CT molecular complexity index is 222. The van der Waals surface area contributed by atoms with E-state index in [1.165, 1.54) is 0 Å². The smallest absolute Gasteiger partial charge is 0.313 e. The number of carbonyl (C=O) groups is 1. The van der Waals surface area contributed by atoms with Crippen LogP contribution in [0.15, 0.2) is 0 Å². The molecule has 1 N–H and O–H groups in total. The third kappa shape index (κ3) is 3.73. The van der Waals surface area contributed by atoms with Crippen LogP contribution in [0, 0.1) is 5.92 Å². The largest absolute Gasteiger partial charge is 0.460 e. The molecule has 3 unspecified atom stereocenters. The first-order valence-electron chi connectivity index (χ1n) is 5.69. The van der Waals surface area contributed by atoms with Gasteiger partial charge in [-0.1, -0.05) is 6.92 Å². The lowest BCUT2D eigenvalue weighted by atomic mass is 10.0. The zero-order valence-electron chi connectivity index (χ0n) is 10.2. The highest BCUT2D eigenvalue weighted by molar-refractivity contribution is 5.74. The number of carbonyl (C=O) groups excluding carboxylic acids is 1. The maximum atomic E-state index is 11.8. The molecule has 1 rings (SSSR count). The second-order valence-corrected chi connectivity index (χ2v) is 4.01. The molecule has 1 aliphatic heterocycles. The van der Waals surface area contributed by atoms with Gasteiger partial charge in [-0.25, -0.2) is 0 Å². The molecule has 0 amide bonds. The predicted octanol–water partition coefficient (Wildman–Crippen LogP) is 0.189. The Labute approximate surface area is 96.4 Å². The highest BCUT2D eigenvalue weighted by Crippen LogP contribution is 2.16. The first kappa shape index (κ1) is 13.4. The van der Waals surface area contributed by atoms with Crippen LogP contribution in [-0.4, -0.2) is 51.6 Å². The fraction of sp³-hybridized carbons (Fsp3) is 0.909. The normalized spacial score (nSPS) is 26.7. The van der Waals surface area contributed by atoms with Crippen molar-refractivity contribution in [3.63, 3.8) is 0 Å². The van der Waals surface area contributed by atoms with Crippen LogP contribution in [0.2, 0.25) is 0 Å². The second-order valence-electron chi connectivity index (χ2n) is 4.01. The number of rotatable bonds is 6. The van der Waals surface area contributed by atoms with Gasteiger partial charge in [0.2, 0.25) is 0 Å². The van der Waals surface area contributed by atoms with Gasteiger partial charge in [0, 0.05) is 13.2 Å². The zero-order chi connectivity index (χ0) is 12.0. The molecule has 0 saturated carbocycles. The minimum Gasteiger partial charge on any atom is -0.460 e. The van der Waals surface area contributed by atoms with E-state index in [9.17, 15) is 4.79 Å². The summed E-state index contributed by atoms with van der Waals surface area (Å²) in [7, 11) is 1.59. The molecule has 0 aromatic heterocycles. The van der Waals surface area contributed by atoms with E-state index in [-0.39, 0.29) is 24.0 Å². The van der Waals surface area contributed by atoms with Crippen molar-refractivity contribution in [1.82, 2.24) is 5.32 Å². The van der Waals surface area contributed by atoms with Crippen LogP contribution in [0.1, 0.15) is 13.8 Å². The fourth-order valence-electron chi connectivity index (χ4n) is 1.80. The van der Waals surface area contributed by atoms with E-state index in [1.54, 1.807) is 7.11 Å². The monoisotopic (exact) mass is 231 g/mol. The topological polar surface area (TPSA) is 56.8 Å². The molecule has 0 spiro atoms. The summed E-state index contributed by atoms with van der Waals surface area (Å²) < 4.78 is 15.5. The average molecular weight is 231 g/mol. The van der Waals surface area contributed by atoms with Crippen LogP contribution in [0.25, 0.3) is 0 Å². The molecule has 0 aromatic carbocycles. The Morgan fingerprint density at radius 2 is 2.31 bits per heavy atom. The Kier molecular flexibility index (Phi) is 5.73. The number of methoxy groups -OCH3 is 1. The number of hydrogen-bond acceptors (Lipinski definition) is 5. The average Bonchev–Trinajstić information content (AvgIpc) is 2.66. The minimum atomic E-state index is -0.208. The molecule has 94 valence electrons. The number of likely N-dealkylation sites (N-methyl/N-ethyl adjacent to an activating group) is 1. The van der Waals surface area contributed by atoms with Gasteiger partial charge in [-0.2, -0.15) is 0 Å². The molecule has 0 radical (unpaired) electrons. The van der Waals surface area contributed by atoms with Gasteiger partial charge in [-0.3, -0.25) is 4.79 Å². The van der Waals surface area contributed by atoms with E-state index in [4.69, 9.17) is 14.2 Å². The van der Waals surface area contributed by atoms with Crippen molar-refractivity contribution >= 4 is 5.97 Å². The molecule has 0 aliphatic carbocycles. The maximum Gasteiger partial charge on any atom is 0.313 e. The van der Waals surface area contributed by atoms with Gasteiger partial charge in [0.05, 0.1) is 25.7 Å². The Morgan fingerprint density at radius 1 is 1.56 bits per heavy atom. The summed E-state index contributed by atoms with van der Waals surface area (Å²) in [5.74, 6) is -0.396. The Balaban J connectivity index is 2.40. The van der Waals surface area contributed by atoms with Gasteiger partial charge in [-0.15, -0.1) is 0 Å². The summed E-state index contributed by atoms with van der Waals surface area (Å²) in [6.07, 6.45) is -0.208. The molecular formula is C11H21NO4. The third-order valence-electron chi connectivity index (χ3n) is 2.57. The zero-order valence-corrected chi connectivity index (χ0v) is 10.2. The molecule has 5 nitrogen and oxygen atoms in total. The molecule has 0 aromatic rings. The SMILES string of the molecule is CCNC1COCC1C(=O)OC(C)COC. The molecule has 3 atom stereocenters. The number of hydrogen-bond donors (Lipinski definition) is 1. The summed E-state index contributed by atoms with van der Waals surface area (Å²) in [5, 5.41) is 3.22. The van der Waals surface area contributed by atoms with Gasteiger partial charge < -0.3 is 19.5 Å². The molecule has 1 aliphatic rings. The van der Waals surface area contributed by atoms with Gasteiger partial charge in [0.15, 0.2) is 0 Å². The lowest BCUT2D eigenvalue weighted by Crippen LogP contribution is -2.41. The maximum absolute atomic E-state index is 11.8. The number of esters is 1. The Hall–Kier alpha value is -0.650. The van der Waals surface area contributed by atoms with E-state index in [2.05, 4.69) is 5.32 Å². The van der Waals surface area contributed by atoms with Gasteiger partial charge in [0.1, 0.15) is 6.10 Å². The van der Waals surface area contributed by atoms with Crippen LogP contribution in [0.5, 0.6) is 0 Å². The van der Waals surface area contributed by atoms with E-state index in [0.717, 1.165) is 6.54 Å². The van der Waals surface area contributed by atoms with Gasteiger partial charge >= 0.3 is 5.97 Å². The van der Waals surface area contributed by atoms with Crippen LogP contribution < -0.4 is 5.32 Å². The van der Waals surface area contributed by atoms with Crippen molar-refractivity contribution in [1.29, 1.82) is 0 Å². The summed E-state index contributed by atoms with van der Waals surface area (Å²) >= 11 is 0. The molecule has 16 heavy (non-hydrogen) atoms. The van der Waals surface area contributed by atoms with E-state index < -0.39 is 0 Å². The van der Waals surface area contributed by atoms with Crippen molar-refractivity contribution < 1.29 is 19.0 Å². The van der Waals surface area contributed by atoms with E-state index in [0.29, 0.717) is 19.8 Å². The highest BCUT2D eigenvalue weighted by Gasteiger charge is 2.35. The minimum absolute atomic E-state index is 0.0762. The van der Waals surface area contributed by atoms with Gasteiger partial charge in [-0.05, 0) is 13.5 Å². The molecule has 0 bridgehead atoms. The number of ether oxygens (including phenoxy) is 3. The van der Waals surface area contributed by atoms with Crippen molar-refractivity contribution in [3.8, 4) is 0 Å². The van der Waals surface area contributed by atoms with Crippen molar-refractivity contribution in [3.05, 3.63) is 0 Å². The Morgan fingerprint density at radius 3 is 2.94 bits per heavy atom. The van der Waals surface area contributed by atoms with Crippen molar-refractivity contribution in [2.24, 2.45) is 5.92 Å². The first-order valence-corrected chi connectivity index (χ1v) is 5.69. The molecule has 1 fully saturated rings. The second kappa shape index (κ2) is 6.83. The summed E-state index contributed by atoms with van der Waals surface area (Å²) in [4.78, 5) is 11.8. The van der Waals surface area contributed by atoms with Crippen LogP contribution in [-0.2, 0) is 19.0 Å².